The third kappa shape index (κ3) is 2.41. The zero-order chi connectivity index (χ0) is 15.0. The second kappa shape index (κ2) is 4.95. The van der Waals surface area contributed by atoms with Crippen LogP contribution in [0.4, 0.5) is 15.8 Å². The van der Waals surface area contributed by atoms with E-state index >= 15 is 0 Å². The Morgan fingerprint density at radius 2 is 2.29 bits per heavy atom. The number of nitrogens with zero attached hydrogens (tertiary/aromatic N) is 2. The van der Waals surface area contributed by atoms with Gasteiger partial charge >= 0.3 is 0 Å². The third-order valence-electron chi connectivity index (χ3n) is 4.27. The van der Waals surface area contributed by atoms with Gasteiger partial charge in [-0.15, -0.1) is 0 Å². The predicted octanol–water partition coefficient (Wildman–Crippen LogP) is 3.88. The number of non-ortho nitro benzene ring substituents is 1. The van der Waals surface area contributed by atoms with Gasteiger partial charge in [0.1, 0.15) is 5.52 Å². The number of nitrogens with one attached hydrogen (secondary N) is 1. The molecule has 6 heteroatoms. The van der Waals surface area contributed by atoms with Crippen LogP contribution in [0, 0.1) is 21.3 Å². The molecule has 1 saturated carbocycles. The molecule has 0 saturated heterocycles. The highest BCUT2D eigenvalue weighted by Crippen LogP contribution is 2.41. The number of benzene rings is 1. The van der Waals surface area contributed by atoms with Gasteiger partial charge in [-0.2, -0.15) is 0 Å². The van der Waals surface area contributed by atoms with Crippen molar-refractivity contribution in [2.45, 2.75) is 26.2 Å². The first-order valence-corrected chi connectivity index (χ1v) is 6.96. The first-order chi connectivity index (χ1) is 10.0. The second-order valence-electron chi connectivity index (χ2n) is 5.93. The van der Waals surface area contributed by atoms with Crippen LogP contribution in [0.25, 0.3) is 10.9 Å². The van der Waals surface area contributed by atoms with Crippen molar-refractivity contribution in [2.24, 2.45) is 5.41 Å². The molecule has 3 rings (SSSR count). The van der Waals surface area contributed by atoms with Crippen molar-refractivity contribution in [3.05, 3.63) is 40.3 Å². The molecule has 0 bridgehead atoms. The van der Waals surface area contributed by atoms with Gasteiger partial charge in [-0.3, -0.25) is 15.1 Å². The fourth-order valence-corrected chi connectivity index (χ4v) is 2.77. The fourth-order valence-electron chi connectivity index (χ4n) is 2.77. The largest absolute Gasteiger partial charge is 0.380 e. The molecule has 1 aliphatic carbocycles. The lowest BCUT2D eigenvalue weighted by atomic mass is 9.70. The van der Waals surface area contributed by atoms with Crippen molar-refractivity contribution in [2.75, 3.05) is 11.9 Å². The summed E-state index contributed by atoms with van der Waals surface area (Å²) in [6.07, 6.45) is 4.93. The lowest BCUT2D eigenvalue weighted by molar-refractivity contribution is -0.383. The molecule has 5 nitrogen and oxygen atoms in total. The summed E-state index contributed by atoms with van der Waals surface area (Å²) in [4.78, 5) is 14.6. The van der Waals surface area contributed by atoms with E-state index in [1.165, 1.54) is 12.6 Å². The number of nitro groups is 1. The van der Waals surface area contributed by atoms with Gasteiger partial charge < -0.3 is 5.32 Å². The smallest absolute Gasteiger partial charge is 0.281 e. The number of halogens is 1. The first kappa shape index (κ1) is 13.7. The van der Waals surface area contributed by atoms with Crippen molar-refractivity contribution in [1.29, 1.82) is 0 Å². The first-order valence-electron chi connectivity index (χ1n) is 6.96. The summed E-state index contributed by atoms with van der Waals surface area (Å²) in [5.41, 5.74) is 0.488. The quantitative estimate of drug-likeness (QED) is 0.685. The standard InChI is InChI=1S/C15H16FN3O2/c1-15(5-3-6-15)9-18-14-11(16)8-12(19(20)21)10-4-2-7-17-13(10)14/h2,4,7-8,18H,3,5-6,9H2,1H3. The number of aromatic nitrogens is 1. The lowest BCUT2D eigenvalue weighted by Crippen LogP contribution is -2.33. The van der Waals surface area contributed by atoms with E-state index < -0.39 is 10.7 Å². The highest BCUT2D eigenvalue weighted by molar-refractivity contribution is 5.97. The van der Waals surface area contributed by atoms with Gasteiger partial charge in [0.15, 0.2) is 5.82 Å². The number of pyridine rings is 1. The maximum Gasteiger partial charge on any atom is 0.281 e. The molecule has 2 aromatic rings. The molecule has 21 heavy (non-hydrogen) atoms. The van der Waals surface area contributed by atoms with Gasteiger partial charge in [0.05, 0.1) is 22.1 Å². The van der Waals surface area contributed by atoms with E-state index in [1.807, 2.05) is 0 Å². The van der Waals surface area contributed by atoms with Crippen LogP contribution < -0.4 is 5.32 Å². The van der Waals surface area contributed by atoms with Crippen LogP contribution in [0.2, 0.25) is 0 Å². The number of anilines is 1. The second-order valence-corrected chi connectivity index (χ2v) is 5.93. The van der Waals surface area contributed by atoms with Gasteiger partial charge in [0.25, 0.3) is 5.69 Å². The van der Waals surface area contributed by atoms with Crippen LogP contribution in [0.1, 0.15) is 26.2 Å². The van der Waals surface area contributed by atoms with Gasteiger partial charge in [0, 0.05) is 12.7 Å². The van der Waals surface area contributed by atoms with Gasteiger partial charge in [-0.1, -0.05) is 13.3 Å². The van der Waals surface area contributed by atoms with Crippen molar-refractivity contribution in [3.8, 4) is 0 Å². The Bertz CT molecular complexity index is 713. The van der Waals surface area contributed by atoms with Crippen LogP contribution in [-0.2, 0) is 0 Å². The van der Waals surface area contributed by atoms with Crippen molar-refractivity contribution in [1.82, 2.24) is 4.98 Å². The third-order valence-corrected chi connectivity index (χ3v) is 4.27. The molecule has 0 atom stereocenters. The monoisotopic (exact) mass is 289 g/mol. The Morgan fingerprint density at radius 1 is 1.52 bits per heavy atom. The average Bonchev–Trinajstić information content (AvgIpc) is 2.43. The minimum Gasteiger partial charge on any atom is -0.380 e. The molecule has 0 aliphatic heterocycles. The van der Waals surface area contributed by atoms with Crippen LogP contribution in [-0.4, -0.2) is 16.5 Å². The number of rotatable bonds is 4. The van der Waals surface area contributed by atoms with Crippen molar-refractivity contribution < 1.29 is 9.31 Å². The highest BCUT2D eigenvalue weighted by atomic mass is 19.1. The molecule has 1 aromatic heterocycles. The summed E-state index contributed by atoms with van der Waals surface area (Å²) in [5.74, 6) is -0.629. The minimum atomic E-state index is -0.629. The van der Waals surface area contributed by atoms with Crippen molar-refractivity contribution >= 4 is 22.3 Å². The van der Waals surface area contributed by atoms with Crippen molar-refractivity contribution in [3.63, 3.8) is 0 Å². The zero-order valence-electron chi connectivity index (χ0n) is 11.7. The average molecular weight is 289 g/mol. The molecule has 0 radical (unpaired) electrons. The molecule has 0 spiro atoms. The summed E-state index contributed by atoms with van der Waals surface area (Å²) < 4.78 is 14.2. The maximum atomic E-state index is 14.2. The van der Waals surface area contributed by atoms with Gasteiger partial charge in [0.2, 0.25) is 0 Å². The molecule has 1 fully saturated rings. The van der Waals surface area contributed by atoms with E-state index in [-0.39, 0.29) is 16.8 Å². The normalized spacial score (nSPS) is 16.5. The number of fused-ring (bicyclic) bond motifs is 1. The van der Waals surface area contributed by atoms with Crippen LogP contribution >= 0.6 is 0 Å². The molecule has 0 amide bonds. The fraction of sp³-hybridized carbons (Fsp3) is 0.400. The van der Waals surface area contributed by atoms with E-state index in [4.69, 9.17) is 0 Å². The Balaban J connectivity index is 2.03. The number of nitro benzene ring substituents is 1. The van der Waals surface area contributed by atoms with Crippen LogP contribution in [0.5, 0.6) is 0 Å². The van der Waals surface area contributed by atoms with Gasteiger partial charge in [-0.25, -0.2) is 4.39 Å². The minimum absolute atomic E-state index is 0.176. The highest BCUT2D eigenvalue weighted by Gasteiger charge is 2.32. The van der Waals surface area contributed by atoms with E-state index in [0.717, 1.165) is 18.9 Å². The molecule has 1 N–H and O–H groups in total. The summed E-state index contributed by atoms with van der Waals surface area (Å²) in [6.45, 7) is 2.80. The van der Waals surface area contributed by atoms with Crippen LogP contribution in [0.15, 0.2) is 24.4 Å². The van der Waals surface area contributed by atoms with E-state index in [0.29, 0.717) is 17.4 Å². The van der Waals surface area contributed by atoms with Gasteiger partial charge in [-0.05, 0) is 30.4 Å². The predicted molar refractivity (Wildman–Crippen MR) is 78.8 cm³/mol. The molecular weight excluding hydrogens is 273 g/mol. The van der Waals surface area contributed by atoms with E-state index in [9.17, 15) is 14.5 Å². The Hall–Kier alpha value is -2.24. The summed E-state index contributed by atoms with van der Waals surface area (Å²) in [7, 11) is 0. The summed E-state index contributed by atoms with van der Waals surface area (Å²) in [6, 6.07) is 4.18. The summed E-state index contributed by atoms with van der Waals surface area (Å²) in [5, 5.41) is 14.5. The SMILES string of the molecule is CC1(CNc2c(F)cc([N+](=O)[O-])c3cccnc23)CCC1. The summed E-state index contributed by atoms with van der Waals surface area (Å²) >= 11 is 0. The number of hydrogen-bond donors (Lipinski definition) is 1. The Morgan fingerprint density at radius 3 is 2.90 bits per heavy atom. The molecule has 1 aromatic carbocycles. The molecular formula is C15H16FN3O2. The molecule has 0 unspecified atom stereocenters. The van der Waals surface area contributed by atoms with Crippen LogP contribution in [0.3, 0.4) is 0 Å². The molecule has 110 valence electrons. The Kier molecular flexibility index (Phi) is 3.23. The molecule has 1 heterocycles. The molecule has 1 aliphatic rings. The van der Waals surface area contributed by atoms with E-state index in [2.05, 4.69) is 17.2 Å². The maximum absolute atomic E-state index is 14.2. The lowest BCUT2D eigenvalue weighted by Gasteiger charge is -2.38. The van der Waals surface area contributed by atoms with E-state index in [1.54, 1.807) is 12.1 Å². The topological polar surface area (TPSA) is 68.1 Å². The number of hydrogen-bond acceptors (Lipinski definition) is 4. The zero-order valence-corrected chi connectivity index (χ0v) is 11.7. The Labute approximate surface area is 121 Å².